The lowest BCUT2D eigenvalue weighted by atomic mass is 9.93. The Morgan fingerprint density at radius 2 is 1.77 bits per heavy atom. The summed E-state index contributed by atoms with van der Waals surface area (Å²) in [4.78, 5) is 41.6. The van der Waals surface area contributed by atoms with Gasteiger partial charge in [-0.05, 0) is 49.4 Å². The van der Waals surface area contributed by atoms with Crippen LogP contribution in [-0.4, -0.2) is 53.6 Å². The quantitative estimate of drug-likeness (QED) is 0.285. The molecular formula is C31H29F4N3O5S. The van der Waals surface area contributed by atoms with Crippen LogP contribution in [0.15, 0.2) is 58.4 Å². The molecule has 1 aromatic heterocycles. The highest BCUT2D eigenvalue weighted by molar-refractivity contribution is 7.98. The number of fused-ring (bicyclic) bond motifs is 3. The van der Waals surface area contributed by atoms with Gasteiger partial charge in [0.05, 0.1) is 12.0 Å². The molecule has 0 bridgehead atoms. The number of rotatable bonds is 4. The van der Waals surface area contributed by atoms with Crippen molar-refractivity contribution in [1.29, 1.82) is 0 Å². The molecule has 0 radical (unpaired) electrons. The maximum absolute atomic E-state index is 15.3. The number of pyridine rings is 1. The van der Waals surface area contributed by atoms with Crippen LogP contribution in [0.1, 0.15) is 58.5 Å². The van der Waals surface area contributed by atoms with Crippen molar-refractivity contribution in [2.24, 2.45) is 5.92 Å². The Morgan fingerprint density at radius 1 is 1.07 bits per heavy atom. The molecule has 3 aromatic rings. The van der Waals surface area contributed by atoms with Gasteiger partial charge < -0.3 is 14.4 Å². The summed E-state index contributed by atoms with van der Waals surface area (Å²) in [5.74, 6) is -3.33. The lowest BCUT2D eigenvalue weighted by molar-refractivity contribution is -0.173. The fourth-order valence-corrected chi connectivity index (χ4v) is 7.18. The molecular weight excluding hydrogens is 602 g/mol. The van der Waals surface area contributed by atoms with Gasteiger partial charge in [0, 0.05) is 41.7 Å². The molecule has 6 rings (SSSR count). The molecule has 0 unspecified atom stereocenters. The molecule has 2 aromatic carbocycles. The number of hydrogen-bond donors (Lipinski definition) is 0. The van der Waals surface area contributed by atoms with Crippen LogP contribution in [0, 0.1) is 18.7 Å². The zero-order valence-electron chi connectivity index (χ0n) is 23.9. The van der Waals surface area contributed by atoms with Gasteiger partial charge in [0.25, 0.3) is 5.91 Å². The highest BCUT2D eigenvalue weighted by atomic mass is 32.2. The molecule has 4 heterocycles. The van der Waals surface area contributed by atoms with Gasteiger partial charge in [-0.1, -0.05) is 30.3 Å². The molecule has 2 atom stereocenters. The number of thioether (sulfide) groups is 1. The van der Waals surface area contributed by atoms with Crippen molar-refractivity contribution in [2.75, 3.05) is 24.9 Å². The van der Waals surface area contributed by atoms with Crippen LogP contribution >= 0.6 is 11.8 Å². The SMILES string of the molecule is Cc1cccc2c1SCc1c(F)cccc1[C@@H]2N1CN([C@H](C)C(F)(F)F)C(=O)c2c(OC(=O)C3CCOCC3)c(=O)ccn21. The third-order valence-electron chi connectivity index (χ3n) is 8.42. The highest BCUT2D eigenvalue weighted by Gasteiger charge is 2.48. The predicted octanol–water partition coefficient (Wildman–Crippen LogP) is 5.33. The summed E-state index contributed by atoms with van der Waals surface area (Å²) in [6.07, 6.45) is -2.85. The van der Waals surface area contributed by atoms with Gasteiger partial charge >= 0.3 is 12.1 Å². The first kappa shape index (κ1) is 30.2. The molecule has 232 valence electrons. The number of amides is 1. The largest absolute Gasteiger partial charge is 0.420 e. The van der Waals surface area contributed by atoms with E-state index in [-0.39, 0.29) is 5.75 Å². The summed E-state index contributed by atoms with van der Waals surface area (Å²) in [6.45, 7) is 2.82. The van der Waals surface area contributed by atoms with Crippen molar-refractivity contribution in [3.8, 4) is 5.75 Å². The minimum absolute atomic E-state index is 0.275. The molecule has 0 spiro atoms. The number of nitrogens with zero attached hydrogens (tertiary/aromatic N) is 3. The minimum Gasteiger partial charge on any atom is -0.420 e. The normalized spacial score (nSPS) is 19.5. The number of hydrogen-bond acceptors (Lipinski definition) is 7. The summed E-state index contributed by atoms with van der Waals surface area (Å²) < 4.78 is 70.0. The fourth-order valence-electron chi connectivity index (χ4n) is 5.94. The summed E-state index contributed by atoms with van der Waals surface area (Å²) in [6, 6.07) is 8.07. The molecule has 0 N–H and O–H groups in total. The van der Waals surface area contributed by atoms with Crippen LogP contribution in [0.3, 0.4) is 0 Å². The third-order valence-corrected chi connectivity index (χ3v) is 9.70. The second kappa shape index (κ2) is 11.6. The first-order valence-electron chi connectivity index (χ1n) is 14.2. The fraction of sp³-hybridized carbons (Fsp3) is 0.387. The second-order valence-corrected chi connectivity index (χ2v) is 12.1. The van der Waals surface area contributed by atoms with E-state index in [2.05, 4.69) is 0 Å². The number of carbonyl (C=O) groups is 2. The van der Waals surface area contributed by atoms with Crippen LogP contribution < -0.4 is 15.2 Å². The average molecular weight is 632 g/mol. The highest BCUT2D eigenvalue weighted by Crippen LogP contribution is 2.45. The van der Waals surface area contributed by atoms with Crippen LogP contribution in [0.2, 0.25) is 0 Å². The van der Waals surface area contributed by atoms with Crippen LogP contribution in [0.25, 0.3) is 0 Å². The molecule has 1 amide bonds. The molecule has 3 aliphatic heterocycles. The summed E-state index contributed by atoms with van der Waals surface area (Å²) in [7, 11) is 0. The van der Waals surface area contributed by atoms with E-state index in [1.165, 1.54) is 39.8 Å². The molecule has 8 nitrogen and oxygen atoms in total. The van der Waals surface area contributed by atoms with Crippen molar-refractivity contribution >= 4 is 23.6 Å². The number of alkyl halides is 3. The molecule has 44 heavy (non-hydrogen) atoms. The Balaban J connectivity index is 1.57. The number of aromatic nitrogens is 1. The zero-order valence-corrected chi connectivity index (χ0v) is 24.7. The lowest BCUT2D eigenvalue weighted by Gasteiger charge is -2.46. The van der Waals surface area contributed by atoms with Crippen molar-refractivity contribution in [2.45, 2.75) is 55.6 Å². The Kier molecular flexibility index (Phi) is 7.95. The van der Waals surface area contributed by atoms with Crippen LogP contribution in [-0.2, 0) is 15.3 Å². The van der Waals surface area contributed by atoms with Crippen molar-refractivity contribution in [1.82, 2.24) is 9.58 Å². The van der Waals surface area contributed by atoms with Crippen molar-refractivity contribution in [3.05, 3.63) is 92.6 Å². The van der Waals surface area contributed by atoms with Crippen molar-refractivity contribution < 1.29 is 36.6 Å². The maximum atomic E-state index is 15.3. The number of halogens is 4. The van der Waals surface area contributed by atoms with E-state index in [9.17, 15) is 27.6 Å². The van der Waals surface area contributed by atoms with Crippen molar-refractivity contribution in [3.63, 3.8) is 0 Å². The molecule has 0 saturated carbocycles. The van der Waals surface area contributed by atoms with E-state index in [4.69, 9.17) is 9.47 Å². The Labute approximate surface area is 254 Å². The topological polar surface area (TPSA) is 81.1 Å². The molecule has 1 saturated heterocycles. The Bertz CT molecular complexity index is 1630. The molecule has 13 heteroatoms. The van der Waals surface area contributed by atoms with Crippen LogP contribution in [0.5, 0.6) is 5.75 Å². The Hall–Kier alpha value is -3.84. The van der Waals surface area contributed by atoms with Gasteiger partial charge in [-0.3, -0.25) is 24.1 Å². The lowest BCUT2D eigenvalue weighted by Crippen LogP contribution is -2.60. The van der Waals surface area contributed by atoms with E-state index in [1.54, 1.807) is 6.07 Å². The second-order valence-electron chi connectivity index (χ2n) is 11.1. The molecule has 1 fully saturated rings. The van der Waals surface area contributed by atoms with E-state index < -0.39 is 65.4 Å². The van der Waals surface area contributed by atoms with Crippen LogP contribution in [0.4, 0.5) is 17.6 Å². The van der Waals surface area contributed by atoms with Gasteiger partial charge in [0.1, 0.15) is 18.5 Å². The zero-order chi connectivity index (χ0) is 31.3. The van der Waals surface area contributed by atoms with E-state index in [0.717, 1.165) is 23.4 Å². The summed E-state index contributed by atoms with van der Waals surface area (Å²) in [5.41, 5.74) is 1.12. The first-order valence-corrected chi connectivity index (χ1v) is 15.1. The number of aryl methyl sites for hydroxylation is 1. The number of carbonyl (C=O) groups excluding carboxylic acids is 2. The smallest absolute Gasteiger partial charge is 0.408 e. The number of ether oxygens (including phenoxy) is 2. The number of benzene rings is 2. The third kappa shape index (κ3) is 5.25. The summed E-state index contributed by atoms with van der Waals surface area (Å²) in [5, 5.41) is 1.49. The average Bonchev–Trinajstić information content (AvgIpc) is 3.17. The first-order chi connectivity index (χ1) is 21.0. The van der Waals surface area contributed by atoms with E-state index >= 15 is 4.39 Å². The van der Waals surface area contributed by atoms with Gasteiger partial charge in [-0.25, -0.2) is 4.39 Å². The predicted molar refractivity (Wildman–Crippen MR) is 154 cm³/mol. The van der Waals surface area contributed by atoms with Gasteiger partial charge in [-0.2, -0.15) is 13.2 Å². The van der Waals surface area contributed by atoms with E-state index in [0.29, 0.717) is 47.6 Å². The Morgan fingerprint density at radius 3 is 2.50 bits per heavy atom. The standard InChI is InChI=1S/C31H29F4N3O5S/c1-17-5-3-7-21-25(20-6-4-8-23(32)22(20)15-44-28(17)21)38-16-36(18(2)31(33,34)35)29(40)26-27(24(39)9-12-37(26)38)43-30(41)19-10-13-42-14-11-19/h3-9,12,18-19,25H,10-11,13-16H2,1-2H3/t18-,25+/m1/s1. The maximum Gasteiger partial charge on any atom is 0.408 e. The monoisotopic (exact) mass is 631 g/mol. The van der Waals surface area contributed by atoms with Gasteiger partial charge in [0.2, 0.25) is 11.2 Å². The van der Waals surface area contributed by atoms with E-state index in [1.807, 2.05) is 25.1 Å². The molecule has 3 aliphatic rings. The molecule has 0 aliphatic carbocycles. The minimum atomic E-state index is -4.81. The summed E-state index contributed by atoms with van der Waals surface area (Å²) >= 11 is 1.42. The number of esters is 1. The van der Waals surface area contributed by atoms with Gasteiger partial charge in [0.15, 0.2) is 5.69 Å². The van der Waals surface area contributed by atoms with Gasteiger partial charge in [-0.15, -0.1) is 11.8 Å².